The molecule has 0 spiro atoms. The van der Waals surface area contributed by atoms with E-state index in [-0.39, 0.29) is 30.7 Å². The van der Waals surface area contributed by atoms with Crippen molar-refractivity contribution in [3.8, 4) is 0 Å². The summed E-state index contributed by atoms with van der Waals surface area (Å²) >= 11 is 0. The van der Waals surface area contributed by atoms with E-state index in [0.717, 1.165) is 26.7 Å². The number of hydrogen-bond donors (Lipinski definition) is 4. The average molecular weight is 513 g/mol. The monoisotopic (exact) mass is 512 g/mol. The lowest BCUT2D eigenvalue weighted by molar-refractivity contribution is -0.144. The number of carbonyl (C=O) groups excluding carboxylic acids is 4. The van der Waals surface area contributed by atoms with Crippen LogP contribution in [0.5, 0.6) is 0 Å². The summed E-state index contributed by atoms with van der Waals surface area (Å²) in [4.78, 5) is 59.3. The lowest BCUT2D eigenvalue weighted by atomic mass is 9.87. The van der Waals surface area contributed by atoms with E-state index in [9.17, 15) is 19.2 Å². The van der Waals surface area contributed by atoms with Crippen LogP contribution in [0.3, 0.4) is 0 Å². The van der Waals surface area contributed by atoms with Crippen molar-refractivity contribution in [2.45, 2.75) is 38.5 Å². The van der Waals surface area contributed by atoms with E-state index in [4.69, 9.17) is 5.21 Å². The maximum Gasteiger partial charge on any atom is 0.262 e. The molecule has 0 unspecified atom stereocenters. The molecule has 0 saturated heterocycles. The van der Waals surface area contributed by atoms with Crippen LogP contribution in [0.1, 0.15) is 49.7 Å². The maximum atomic E-state index is 13.9. The largest absolute Gasteiger partial charge is 0.361 e. The third-order valence-corrected chi connectivity index (χ3v) is 6.98. The second-order valence-electron chi connectivity index (χ2n) is 9.40. The van der Waals surface area contributed by atoms with Gasteiger partial charge in [0.15, 0.2) is 5.78 Å². The van der Waals surface area contributed by atoms with Gasteiger partial charge in [0.2, 0.25) is 11.8 Å². The number of hydroxylamine groups is 1. The Morgan fingerprint density at radius 3 is 1.95 bits per heavy atom. The summed E-state index contributed by atoms with van der Waals surface area (Å²) in [6.45, 7) is -0.310. The van der Waals surface area contributed by atoms with Crippen LogP contribution in [0.2, 0.25) is 0 Å². The van der Waals surface area contributed by atoms with E-state index in [1.165, 1.54) is 0 Å². The van der Waals surface area contributed by atoms with Crippen LogP contribution < -0.4 is 5.48 Å². The summed E-state index contributed by atoms with van der Waals surface area (Å²) in [7, 11) is 0. The van der Waals surface area contributed by atoms with Crippen molar-refractivity contribution >= 4 is 56.5 Å². The first-order chi connectivity index (χ1) is 18.5. The number of rotatable bonds is 9. The highest BCUT2D eigenvalue weighted by Gasteiger charge is 2.38. The standard InChI is InChI=1S/C29H28N4O5/c34-24-17-33(26(36)14-4-2-1-3-13-25(35)32-38)29(37)28(21-16-31-23-12-8-6-10-19(21)23)27(24)20-15-30-22-11-7-5-9-18(20)22/h5-12,15-16,30-31,38H,1-4,13-14,17H2,(H,32,35). The number of amides is 3. The van der Waals surface area contributed by atoms with Crippen LogP contribution >= 0.6 is 0 Å². The normalized spacial score (nSPS) is 14.1. The molecular formula is C29H28N4O5. The molecule has 1 aliphatic rings. The second-order valence-corrected chi connectivity index (χ2v) is 9.40. The molecular weight excluding hydrogens is 484 g/mol. The van der Waals surface area contributed by atoms with Gasteiger partial charge in [0.05, 0.1) is 12.1 Å². The molecule has 2 aromatic carbocycles. The number of nitrogens with one attached hydrogen (secondary N) is 3. The summed E-state index contributed by atoms with van der Waals surface area (Å²) in [5, 5.41) is 10.2. The fourth-order valence-electron chi connectivity index (χ4n) is 5.07. The third-order valence-electron chi connectivity index (χ3n) is 6.98. The minimum Gasteiger partial charge on any atom is -0.361 e. The fraction of sp³-hybridized carbons (Fsp3) is 0.241. The predicted molar refractivity (Wildman–Crippen MR) is 143 cm³/mol. The molecule has 0 aliphatic carbocycles. The molecule has 0 saturated carbocycles. The summed E-state index contributed by atoms with van der Waals surface area (Å²) in [5.74, 6) is -1.62. The average Bonchev–Trinajstić information content (AvgIpc) is 3.55. The molecule has 3 amide bonds. The molecule has 4 N–H and O–H groups in total. The summed E-state index contributed by atoms with van der Waals surface area (Å²) in [6, 6.07) is 15.1. The van der Waals surface area contributed by atoms with Gasteiger partial charge in [-0.05, 0) is 25.0 Å². The van der Waals surface area contributed by atoms with Crippen molar-refractivity contribution in [3.63, 3.8) is 0 Å². The van der Waals surface area contributed by atoms with E-state index in [2.05, 4.69) is 9.97 Å². The molecule has 194 valence electrons. The number of aromatic amines is 2. The lowest BCUT2D eigenvalue weighted by Crippen LogP contribution is -2.45. The van der Waals surface area contributed by atoms with Crippen molar-refractivity contribution in [2.24, 2.45) is 0 Å². The van der Waals surface area contributed by atoms with Gasteiger partial charge in [0.1, 0.15) is 0 Å². The van der Waals surface area contributed by atoms with Gasteiger partial charge < -0.3 is 9.97 Å². The molecule has 9 heteroatoms. The number of benzene rings is 2. The molecule has 0 bridgehead atoms. The van der Waals surface area contributed by atoms with Crippen molar-refractivity contribution in [3.05, 3.63) is 72.1 Å². The molecule has 5 rings (SSSR count). The Hall–Kier alpha value is -4.50. The van der Waals surface area contributed by atoms with Gasteiger partial charge in [-0.25, -0.2) is 5.48 Å². The van der Waals surface area contributed by atoms with Crippen LogP contribution in [0, 0.1) is 0 Å². The number of hydrogen-bond acceptors (Lipinski definition) is 5. The molecule has 0 atom stereocenters. The minimum absolute atomic E-state index is 0.120. The first-order valence-corrected chi connectivity index (χ1v) is 12.7. The van der Waals surface area contributed by atoms with Gasteiger partial charge in [-0.15, -0.1) is 0 Å². The van der Waals surface area contributed by atoms with Gasteiger partial charge in [0.25, 0.3) is 5.91 Å². The Labute approximate surface area is 218 Å². The Kier molecular flexibility index (Phi) is 7.19. The molecule has 0 radical (unpaired) electrons. The highest BCUT2D eigenvalue weighted by Crippen LogP contribution is 2.38. The van der Waals surface area contributed by atoms with Gasteiger partial charge in [-0.2, -0.15) is 0 Å². The van der Waals surface area contributed by atoms with Crippen LogP contribution in [0.25, 0.3) is 33.0 Å². The Morgan fingerprint density at radius 1 is 0.789 bits per heavy atom. The van der Waals surface area contributed by atoms with Crippen LogP contribution in [-0.4, -0.2) is 50.1 Å². The van der Waals surface area contributed by atoms with Crippen molar-refractivity contribution in [1.29, 1.82) is 0 Å². The topological polar surface area (TPSA) is 135 Å². The number of carbonyl (C=O) groups is 4. The SMILES string of the molecule is O=C(CCCCCCC(=O)N1CC(=O)C(c2c[nH]c3ccccc23)=C(c2c[nH]c3ccccc23)C1=O)NO. The van der Waals surface area contributed by atoms with E-state index in [1.54, 1.807) is 17.9 Å². The summed E-state index contributed by atoms with van der Waals surface area (Å²) in [5.41, 5.74) is 5.02. The second kappa shape index (κ2) is 10.9. The van der Waals surface area contributed by atoms with Gasteiger partial charge in [0, 0.05) is 63.7 Å². The Balaban J connectivity index is 1.46. The molecule has 9 nitrogen and oxygen atoms in total. The molecule has 4 aromatic rings. The highest BCUT2D eigenvalue weighted by molar-refractivity contribution is 6.46. The number of fused-ring (bicyclic) bond motifs is 2. The van der Waals surface area contributed by atoms with Gasteiger partial charge >= 0.3 is 0 Å². The number of Topliss-reactive ketones (excluding diaryl/α,β-unsaturated/α-hetero) is 1. The first-order valence-electron chi connectivity index (χ1n) is 12.7. The Morgan fingerprint density at radius 2 is 1.34 bits per heavy atom. The van der Waals surface area contributed by atoms with E-state index in [1.807, 2.05) is 48.5 Å². The van der Waals surface area contributed by atoms with Crippen molar-refractivity contribution in [2.75, 3.05) is 6.54 Å². The first kappa shape index (κ1) is 25.2. The van der Waals surface area contributed by atoms with Gasteiger partial charge in [-0.1, -0.05) is 49.2 Å². The lowest BCUT2D eigenvalue weighted by Gasteiger charge is -2.28. The summed E-state index contributed by atoms with van der Waals surface area (Å²) in [6.07, 6.45) is 6.30. The molecule has 2 aromatic heterocycles. The number of aromatic nitrogens is 2. The van der Waals surface area contributed by atoms with Crippen molar-refractivity contribution in [1.82, 2.24) is 20.3 Å². The van der Waals surface area contributed by atoms with Crippen LogP contribution in [0.4, 0.5) is 0 Å². The predicted octanol–water partition coefficient (Wildman–Crippen LogP) is 4.34. The molecule has 3 heterocycles. The van der Waals surface area contributed by atoms with E-state index < -0.39 is 17.7 Å². The molecule has 1 aliphatic heterocycles. The quantitative estimate of drug-likeness (QED) is 0.150. The molecule has 38 heavy (non-hydrogen) atoms. The maximum absolute atomic E-state index is 13.9. The van der Waals surface area contributed by atoms with Crippen LogP contribution in [0.15, 0.2) is 60.9 Å². The minimum atomic E-state index is -0.487. The zero-order valence-corrected chi connectivity index (χ0v) is 20.8. The van der Waals surface area contributed by atoms with E-state index >= 15 is 0 Å². The molecule has 0 fully saturated rings. The number of nitrogens with zero attached hydrogens (tertiary/aromatic N) is 1. The van der Waals surface area contributed by atoms with E-state index in [0.29, 0.717) is 42.4 Å². The smallest absolute Gasteiger partial charge is 0.262 e. The van der Waals surface area contributed by atoms with Crippen molar-refractivity contribution < 1.29 is 24.4 Å². The Bertz CT molecular complexity index is 1580. The summed E-state index contributed by atoms with van der Waals surface area (Å²) < 4.78 is 0. The number of unbranched alkanes of at least 4 members (excludes halogenated alkanes) is 3. The number of imide groups is 1. The number of ketones is 1. The highest BCUT2D eigenvalue weighted by atomic mass is 16.5. The van der Waals surface area contributed by atoms with Crippen LogP contribution in [-0.2, 0) is 19.2 Å². The van der Waals surface area contributed by atoms with Gasteiger partial charge in [-0.3, -0.25) is 29.3 Å². The zero-order valence-electron chi connectivity index (χ0n) is 20.8. The number of H-pyrrole nitrogens is 2. The zero-order chi connectivity index (χ0) is 26.6. The fourth-order valence-corrected chi connectivity index (χ4v) is 5.07. The third kappa shape index (κ3) is 4.76. The number of para-hydroxylation sites is 2.